The molecule has 0 spiro atoms. The molecule has 4 aromatic rings. The number of nitrogens with zero attached hydrogens (tertiary/aromatic N) is 1. The Hall–Kier alpha value is -3.97. The van der Waals surface area contributed by atoms with E-state index in [1.807, 2.05) is 24.3 Å². The van der Waals surface area contributed by atoms with Crippen molar-refractivity contribution < 1.29 is 19.4 Å². The van der Waals surface area contributed by atoms with Gasteiger partial charge in [-0.05, 0) is 67.2 Å². The van der Waals surface area contributed by atoms with Crippen LogP contribution in [0.25, 0.3) is 22.1 Å². The lowest BCUT2D eigenvalue weighted by atomic mass is 10.0. The number of nitrogens with one attached hydrogen (secondary N) is 1. The fourth-order valence-corrected chi connectivity index (χ4v) is 3.82. The number of hydrogen-bond donors (Lipinski definition) is 3. The molecule has 1 aromatic heterocycles. The molecule has 0 aliphatic carbocycles. The number of ether oxygens (including phenoxy) is 1. The van der Waals surface area contributed by atoms with Crippen molar-refractivity contribution in [1.82, 2.24) is 4.90 Å². The third-order valence-electron chi connectivity index (χ3n) is 5.74. The molecule has 34 heavy (non-hydrogen) atoms. The van der Waals surface area contributed by atoms with Crippen LogP contribution in [-0.4, -0.2) is 41.4 Å². The fourth-order valence-electron chi connectivity index (χ4n) is 3.82. The lowest BCUT2D eigenvalue weighted by Gasteiger charge is -2.18. The van der Waals surface area contributed by atoms with Crippen LogP contribution in [0, 0.1) is 0 Å². The van der Waals surface area contributed by atoms with Gasteiger partial charge in [-0.25, -0.2) is 4.79 Å². The normalized spacial score (nSPS) is 11.1. The average Bonchev–Trinajstić information content (AvgIpc) is 2.83. The zero-order chi connectivity index (χ0) is 24.1. The van der Waals surface area contributed by atoms with Gasteiger partial charge >= 0.3 is 5.63 Å². The molecule has 0 fully saturated rings. The molecule has 4 rings (SSSR count). The number of phenolic OH excluding ortho intramolecular Hbond substituents is 2. The van der Waals surface area contributed by atoms with Gasteiger partial charge in [-0.2, -0.15) is 0 Å². The molecule has 0 atom stereocenters. The third kappa shape index (κ3) is 5.15. The van der Waals surface area contributed by atoms with Crippen molar-refractivity contribution >= 4 is 22.3 Å². The molecule has 0 aliphatic rings. The first-order valence-electron chi connectivity index (χ1n) is 11.3. The molecule has 176 valence electrons. The van der Waals surface area contributed by atoms with Gasteiger partial charge in [-0.15, -0.1) is 0 Å². The summed E-state index contributed by atoms with van der Waals surface area (Å²) in [6.07, 6.45) is 0. The Morgan fingerprint density at radius 3 is 2.26 bits per heavy atom. The Kier molecular flexibility index (Phi) is 7.04. The van der Waals surface area contributed by atoms with Crippen LogP contribution in [0.5, 0.6) is 17.2 Å². The van der Waals surface area contributed by atoms with Gasteiger partial charge in [-0.1, -0.05) is 26.0 Å². The first-order chi connectivity index (χ1) is 16.5. The summed E-state index contributed by atoms with van der Waals surface area (Å²) >= 11 is 0. The smallest absolute Gasteiger partial charge is 0.346 e. The number of anilines is 2. The predicted octanol–water partition coefficient (Wildman–Crippen LogP) is 5.34. The number of aromatic hydroxyl groups is 2. The first kappa shape index (κ1) is 23.2. The van der Waals surface area contributed by atoms with Gasteiger partial charge in [0.05, 0.1) is 11.3 Å². The predicted molar refractivity (Wildman–Crippen MR) is 134 cm³/mol. The molecule has 0 saturated carbocycles. The highest BCUT2D eigenvalue weighted by molar-refractivity contribution is 6.00. The number of hydrogen-bond acceptors (Lipinski definition) is 7. The van der Waals surface area contributed by atoms with Crippen LogP contribution in [0.2, 0.25) is 0 Å². The second kappa shape index (κ2) is 10.3. The Morgan fingerprint density at radius 2 is 1.59 bits per heavy atom. The van der Waals surface area contributed by atoms with Crippen LogP contribution < -0.4 is 15.7 Å². The van der Waals surface area contributed by atoms with Crippen molar-refractivity contribution in [3.8, 4) is 28.4 Å². The summed E-state index contributed by atoms with van der Waals surface area (Å²) in [6.45, 7) is 7.71. The van der Waals surface area contributed by atoms with Crippen LogP contribution in [0.4, 0.5) is 11.4 Å². The van der Waals surface area contributed by atoms with E-state index in [1.165, 1.54) is 18.2 Å². The molecule has 7 heteroatoms. The largest absolute Gasteiger partial charge is 0.508 e. The highest BCUT2D eigenvalue weighted by Gasteiger charge is 2.17. The Bertz CT molecular complexity index is 1310. The summed E-state index contributed by atoms with van der Waals surface area (Å²) in [6, 6.07) is 18.5. The van der Waals surface area contributed by atoms with Crippen molar-refractivity contribution in [2.75, 3.05) is 31.6 Å². The molecule has 0 saturated heterocycles. The molecule has 3 N–H and O–H groups in total. The number of phenols is 2. The summed E-state index contributed by atoms with van der Waals surface area (Å²) in [7, 11) is 0. The standard InChI is InChI=1S/C27H28N2O5/c1-3-29(4-2)15-16-33-22-12-7-19(8-13-22)28-26-23-14-11-21(31)17-24(23)34-27(32)25(26)18-5-9-20(30)10-6-18/h5-14,17,28,30-31H,3-4,15-16H2,1-2H3. The maximum Gasteiger partial charge on any atom is 0.346 e. The number of rotatable bonds is 9. The molecule has 3 aromatic carbocycles. The molecule has 0 unspecified atom stereocenters. The van der Waals surface area contributed by atoms with E-state index in [4.69, 9.17) is 9.15 Å². The third-order valence-corrected chi connectivity index (χ3v) is 5.74. The minimum absolute atomic E-state index is 0.00481. The van der Waals surface area contributed by atoms with E-state index in [2.05, 4.69) is 24.1 Å². The van der Waals surface area contributed by atoms with Gasteiger partial charge in [0.1, 0.15) is 29.4 Å². The fraction of sp³-hybridized carbons (Fsp3) is 0.222. The first-order valence-corrected chi connectivity index (χ1v) is 11.3. The van der Waals surface area contributed by atoms with E-state index in [0.717, 1.165) is 31.1 Å². The number of benzene rings is 3. The zero-order valence-corrected chi connectivity index (χ0v) is 19.2. The summed E-state index contributed by atoms with van der Waals surface area (Å²) in [5.41, 5.74) is 1.95. The van der Waals surface area contributed by atoms with Crippen molar-refractivity contribution in [3.05, 3.63) is 77.2 Å². The molecule has 1 heterocycles. The van der Waals surface area contributed by atoms with E-state index in [0.29, 0.717) is 28.8 Å². The lowest BCUT2D eigenvalue weighted by molar-refractivity contribution is 0.223. The quantitative estimate of drug-likeness (QED) is 0.290. The van der Waals surface area contributed by atoms with Crippen LogP contribution in [0.3, 0.4) is 0 Å². The minimum Gasteiger partial charge on any atom is -0.508 e. The second-order valence-corrected chi connectivity index (χ2v) is 7.89. The molecule has 0 bridgehead atoms. The van der Waals surface area contributed by atoms with Gasteiger partial charge in [0.2, 0.25) is 0 Å². The molecule has 0 aliphatic heterocycles. The zero-order valence-electron chi connectivity index (χ0n) is 19.2. The summed E-state index contributed by atoms with van der Waals surface area (Å²) in [4.78, 5) is 15.2. The van der Waals surface area contributed by atoms with Crippen molar-refractivity contribution in [2.24, 2.45) is 0 Å². The summed E-state index contributed by atoms with van der Waals surface area (Å²) < 4.78 is 11.4. The molecular formula is C27H28N2O5. The van der Waals surface area contributed by atoms with Crippen LogP contribution in [0.15, 0.2) is 75.9 Å². The minimum atomic E-state index is -0.553. The molecule has 0 amide bonds. The number of likely N-dealkylation sites (N-methyl/N-ethyl adjacent to an activating group) is 1. The highest BCUT2D eigenvalue weighted by Crippen LogP contribution is 2.36. The van der Waals surface area contributed by atoms with E-state index < -0.39 is 5.63 Å². The Balaban J connectivity index is 1.66. The van der Waals surface area contributed by atoms with Crippen molar-refractivity contribution in [1.29, 1.82) is 0 Å². The van der Waals surface area contributed by atoms with Crippen LogP contribution in [-0.2, 0) is 0 Å². The van der Waals surface area contributed by atoms with E-state index in [9.17, 15) is 15.0 Å². The van der Waals surface area contributed by atoms with Crippen LogP contribution >= 0.6 is 0 Å². The number of fused-ring (bicyclic) bond motifs is 1. The van der Waals surface area contributed by atoms with E-state index in [1.54, 1.807) is 24.3 Å². The van der Waals surface area contributed by atoms with Gasteiger partial charge in [0.15, 0.2) is 0 Å². The average molecular weight is 461 g/mol. The topological polar surface area (TPSA) is 95.2 Å². The Labute approximate surface area is 197 Å². The SMILES string of the molecule is CCN(CC)CCOc1ccc(Nc2c(-c3ccc(O)cc3)c(=O)oc3cc(O)ccc23)cc1. The molecule has 7 nitrogen and oxygen atoms in total. The van der Waals surface area contributed by atoms with Crippen molar-refractivity contribution in [2.45, 2.75) is 13.8 Å². The van der Waals surface area contributed by atoms with Crippen molar-refractivity contribution in [3.63, 3.8) is 0 Å². The van der Waals surface area contributed by atoms with Gasteiger partial charge in [0, 0.05) is 23.7 Å². The molecular weight excluding hydrogens is 432 g/mol. The van der Waals surface area contributed by atoms with E-state index >= 15 is 0 Å². The second-order valence-electron chi connectivity index (χ2n) is 7.89. The van der Waals surface area contributed by atoms with Crippen LogP contribution in [0.1, 0.15) is 13.8 Å². The lowest BCUT2D eigenvalue weighted by Crippen LogP contribution is -2.27. The Morgan fingerprint density at radius 1 is 0.912 bits per heavy atom. The summed E-state index contributed by atoms with van der Waals surface area (Å²) in [5, 5.41) is 23.5. The monoisotopic (exact) mass is 460 g/mol. The van der Waals surface area contributed by atoms with E-state index in [-0.39, 0.29) is 17.1 Å². The van der Waals surface area contributed by atoms with Gasteiger partial charge in [-0.3, -0.25) is 0 Å². The maximum atomic E-state index is 12.9. The van der Waals surface area contributed by atoms with Gasteiger partial charge < -0.3 is 29.6 Å². The molecule has 0 radical (unpaired) electrons. The van der Waals surface area contributed by atoms with Gasteiger partial charge in [0.25, 0.3) is 0 Å². The maximum absolute atomic E-state index is 12.9. The summed E-state index contributed by atoms with van der Waals surface area (Å²) in [5.74, 6) is 0.869. The highest BCUT2D eigenvalue weighted by atomic mass is 16.5.